The van der Waals surface area contributed by atoms with E-state index in [2.05, 4.69) is 24.1 Å². The minimum atomic E-state index is -0.534. The van der Waals surface area contributed by atoms with Crippen molar-refractivity contribution in [3.05, 3.63) is 53.1 Å². The average Bonchev–Trinajstić information content (AvgIpc) is 2.81. The van der Waals surface area contributed by atoms with Crippen LogP contribution in [0.1, 0.15) is 50.3 Å². The standard InChI is InChI=1S/C27H32F2N2O3/c1-27(2)9-6-18-12-19(17-4-5-23(33-3)22(29)13-17)21(28)14-20(18)25(27)30-26(32)34-24-15-31-10-7-16(24)8-11-31/h4-5,12-14,16,24-25H,6-11,15H2,1-3H3,(H,30,32)/t24-,25?/m1/s1. The van der Waals surface area contributed by atoms with Crippen LogP contribution < -0.4 is 10.1 Å². The van der Waals surface area contributed by atoms with Gasteiger partial charge >= 0.3 is 6.09 Å². The predicted octanol–water partition coefficient (Wildman–Crippen LogP) is 5.47. The van der Waals surface area contributed by atoms with Crippen LogP contribution in [-0.2, 0) is 11.2 Å². The zero-order valence-corrected chi connectivity index (χ0v) is 20.0. The molecule has 3 aliphatic heterocycles. The number of carbonyl (C=O) groups is 1. The minimum Gasteiger partial charge on any atom is -0.494 e. The Labute approximate surface area is 199 Å². The molecule has 2 aromatic rings. The molecular weight excluding hydrogens is 438 g/mol. The molecule has 2 atom stereocenters. The first kappa shape index (κ1) is 23.1. The summed E-state index contributed by atoms with van der Waals surface area (Å²) in [7, 11) is 1.40. The quantitative estimate of drug-likeness (QED) is 0.644. The van der Waals surface area contributed by atoms with Crippen molar-refractivity contribution in [1.29, 1.82) is 0 Å². The molecule has 1 N–H and O–H groups in total. The Morgan fingerprint density at radius 3 is 2.53 bits per heavy atom. The predicted molar refractivity (Wildman–Crippen MR) is 126 cm³/mol. The van der Waals surface area contributed by atoms with Gasteiger partial charge in [-0.15, -0.1) is 0 Å². The number of fused-ring (bicyclic) bond motifs is 4. The molecule has 6 rings (SSSR count). The molecule has 7 heteroatoms. The Bertz CT molecular complexity index is 1100. The third-order valence-corrected chi connectivity index (χ3v) is 7.94. The molecule has 2 bridgehead atoms. The second kappa shape index (κ2) is 8.84. The van der Waals surface area contributed by atoms with Gasteiger partial charge < -0.3 is 14.8 Å². The fourth-order valence-electron chi connectivity index (χ4n) is 5.80. The van der Waals surface area contributed by atoms with Crippen LogP contribution in [0, 0.1) is 23.0 Å². The molecule has 3 saturated heterocycles. The number of nitrogens with zero attached hydrogens (tertiary/aromatic N) is 1. The van der Waals surface area contributed by atoms with Crippen molar-refractivity contribution in [3.63, 3.8) is 0 Å². The molecule has 1 amide bonds. The van der Waals surface area contributed by atoms with E-state index in [1.807, 2.05) is 0 Å². The molecule has 3 fully saturated rings. The van der Waals surface area contributed by atoms with Gasteiger partial charge in [-0.1, -0.05) is 19.9 Å². The summed E-state index contributed by atoms with van der Waals surface area (Å²) in [6.07, 6.45) is 3.18. The first-order chi connectivity index (χ1) is 16.2. The molecule has 4 aliphatic rings. The number of amides is 1. The molecule has 3 heterocycles. The van der Waals surface area contributed by atoms with Gasteiger partial charge in [-0.25, -0.2) is 13.6 Å². The Kier molecular flexibility index (Phi) is 6.00. The topological polar surface area (TPSA) is 50.8 Å². The van der Waals surface area contributed by atoms with Crippen LogP contribution in [0.25, 0.3) is 11.1 Å². The summed E-state index contributed by atoms with van der Waals surface area (Å²) in [5.74, 6) is -0.436. The number of alkyl carbamates (subject to hydrolysis) is 1. The van der Waals surface area contributed by atoms with Crippen LogP contribution in [0.4, 0.5) is 13.6 Å². The maximum absolute atomic E-state index is 15.3. The summed E-state index contributed by atoms with van der Waals surface area (Å²) in [6, 6.07) is 7.35. The smallest absolute Gasteiger partial charge is 0.407 e. The van der Waals surface area contributed by atoms with Crippen molar-refractivity contribution in [3.8, 4) is 16.9 Å². The molecule has 1 unspecified atom stereocenters. The van der Waals surface area contributed by atoms with Crippen LogP contribution in [-0.4, -0.2) is 43.8 Å². The molecule has 0 aromatic heterocycles. The number of aryl methyl sites for hydroxylation is 1. The number of methoxy groups -OCH3 is 1. The maximum atomic E-state index is 15.3. The van der Waals surface area contributed by atoms with E-state index < -0.39 is 17.7 Å². The van der Waals surface area contributed by atoms with Gasteiger partial charge in [0.15, 0.2) is 11.6 Å². The highest BCUT2D eigenvalue weighted by Gasteiger charge is 2.40. The summed E-state index contributed by atoms with van der Waals surface area (Å²) in [6.45, 7) is 7.11. The first-order valence-corrected chi connectivity index (χ1v) is 12.1. The van der Waals surface area contributed by atoms with Crippen LogP contribution >= 0.6 is 0 Å². The molecule has 0 radical (unpaired) electrons. The van der Waals surface area contributed by atoms with Crippen LogP contribution in [0.15, 0.2) is 30.3 Å². The van der Waals surface area contributed by atoms with Crippen LogP contribution in [0.2, 0.25) is 0 Å². The van der Waals surface area contributed by atoms with Crippen LogP contribution in [0.5, 0.6) is 5.75 Å². The highest BCUT2D eigenvalue weighted by atomic mass is 19.1. The van der Waals surface area contributed by atoms with Gasteiger partial charge in [-0.2, -0.15) is 0 Å². The number of carbonyl (C=O) groups excluding carboxylic acids is 1. The van der Waals surface area contributed by atoms with E-state index in [1.165, 1.54) is 25.3 Å². The summed E-state index contributed by atoms with van der Waals surface area (Å²) < 4.78 is 40.4. The first-order valence-electron chi connectivity index (χ1n) is 12.1. The van der Waals surface area contributed by atoms with Gasteiger partial charge in [-0.3, -0.25) is 4.90 Å². The summed E-state index contributed by atoms with van der Waals surface area (Å²) in [5, 5.41) is 3.06. The molecule has 5 nitrogen and oxygen atoms in total. The minimum absolute atomic E-state index is 0.0854. The van der Waals surface area contributed by atoms with Crippen molar-refractivity contribution in [2.24, 2.45) is 11.3 Å². The number of rotatable bonds is 4. The fourth-order valence-corrected chi connectivity index (χ4v) is 5.80. The van der Waals surface area contributed by atoms with Gasteiger partial charge in [0.25, 0.3) is 0 Å². The van der Waals surface area contributed by atoms with Crippen molar-refractivity contribution in [2.45, 2.75) is 51.7 Å². The van der Waals surface area contributed by atoms with Gasteiger partial charge in [0, 0.05) is 12.1 Å². The van der Waals surface area contributed by atoms with Crippen molar-refractivity contribution < 1.29 is 23.0 Å². The number of nitrogens with one attached hydrogen (secondary N) is 1. The Morgan fingerprint density at radius 2 is 1.88 bits per heavy atom. The number of hydrogen-bond acceptors (Lipinski definition) is 4. The van der Waals surface area contributed by atoms with Gasteiger partial charge in [0.1, 0.15) is 11.9 Å². The summed E-state index contributed by atoms with van der Waals surface area (Å²) >= 11 is 0. The normalized spacial score (nSPS) is 27.1. The van der Waals surface area contributed by atoms with E-state index in [1.54, 1.807) is 12.1 Å². The van der Waals surface area contributed by atoms with E-state index in [0.717, 1.165) is 56.4 Å². The number of halogens is 2. The zero-order chi connectivity index (χ0) is 24.0. The molecule has 1 aliphatic carbocycles. The van der Waals surface area contributed by atoms with E-state index in [0.29, 0.717) is 17.0 Å². The molecule has 182 valence electrons. The molecule has 2 aromatic carbocycles. The molecule has 34 heavy (non-hydrogen) atoms. The van der Waals surface area contributed by atoms with Gasteiger partial charge in [-0.05, 0) is 91.1 Å². The van der Waals surface area contributed by atoms with E-state index in [4.69, 9.17) is 9.47 Å². The maximum Gasteiger partial charge on any atom is 0.407 e. The van der Waals surface area contributed by atoms with E-state index >= 15 is 4.39 Å². The second-order valence-corrected chi connectivity index (χ2v) is 10.5. The highest BCUT2D eigenvalue weighted by Crippen LogP contribution is 2.45. The second-order valence-electron chi connectivity index (χ2n) is 10.5. The van der Waals surface area contributed by atoms with Crippen molar-refractivity contribution in [2.75, 3.05) is 26.7 Å². The number of ether oxygens (including phenoxy) is 2. The van der Waals surface area contributed by atoms with Gasteiger partial charge in [0.2, 0.25) is 0 Å². The lowest BCUT2D eigenvalue weighted by Gasteiger charge is -2.44. The largest absolute Gasteiger partial charge is 0.494 e. The monoisotopic (exact) mass is 470 g/mol. The van der Waals surface area contributed by atoms with Gasteiger partial charge in [0.05, 0.1) is 13.2 Å². The lowest BCUT2D eigenvalue weighted by atomic mass is 9.70. The number of piperidine rings is 3. The third-order valence-electron chi connectivity index (χ3n) is 7.94. The third kappa shape index (κ3) is 4.26. The Morgan fingerprint density at radius 1 is 1.12 bits per heavy atom. The Balaban J connectivity index is 1.39. The fraction of sp³-hybridized carbons (Fsp3) is 0.519. The lowest BCUT2D eigenvalue weighted by Crippen LogP contribution is -2.53. The Hall–Kier alpha value is -2.67. The summed E-state index contributed by atoms with van der Waals surface area (Å²) in [4.78, 5) is 15.3. The zero-order valence-electron chi connectivity index (χ0n) is 20.0. The average molecular weight is 471 g/mol. The lowest BCUT2D eigenvalue weighted by molar-refractivity contribution is -0.0353. The molecule has 0 spiro atoms. The number of hydrogen-bond donors (Lipinski definition) is 1. The number of benzene rings is 2. The molecular formula is C27H32F2N2O3. The van der Waals surface area contributed by atoms with Crippen molar-refractivity contribution >= 4 is 6.09 Å². The SMILES string of the molecule is COc1ccc(-c2cc3c(cc2F)C(NC(=O)O[C@@H]2CN4CCC2CC4)C(C)(C)CC3)cc1F. The van der Waals surface area contributed by atoms with E-state index in [9.17, 15) is 9.18 Å². The highest BCUT2D eigenvalue weighted by molar-refractivity contribution is 5.70. The van der Waals surface area contributed by atoms with Crippen LogP contribution in [0.3, 0.4) is 0 Å². The van der Waals surface area contributed by atoms with Crippen molar-refractivity contribution in [1.82, 2.24) is 10.2 Å². The van der Waals surface area contributed by atoms with E-state index in [-0.39, 0.29) is 23.3 Å². The molecule has 0 saturated carbocycles. The summed E-state index contributed by atoms with van der Waals surface area (Å²) in [5.41, 5.74) is 2.25.